The van der Waals surface area contributed by atoms with Crippen LogP contribution in [0.2, 0.25) is 0 Å². The Bertz CT molecular complexity index is 623. The minimum absolute atomic E-state index is 0.117. The molecule has 2 N–H and O–H groups in total. The SMILES string of the molecule is Cc1ccc(NC(=O)CN(C)C(=S)NCc2ccco2)cc1. The van der Waals surface area contributed by atoms with Crippen molar-refractivity contribution in [3.63, 3.8) is 0 Å². The Morgan fingerprint density at radius 3 is 2.64 bits per heavy atom. The molecular weight excluding hydrogens is 298 g/mol. The van der Waals surface area contributed by atoms with E-state index in [2.05, 4.69) is 10.6 Å². The van der Waals surface area contributed by atoms with E-state index in [1.165, 1.54) is 0 Å². The van der Waals surface area contributed by atoms with E-state index in [9.17, 15) is 4.79 Å². The predicted molar refractivity (Wildman–Crippen MR) is 90.6 cm³/mol. The predicted octanol–water partition coefficient (Wildman–Crippen LogP) is 2.53. The average molecular weight is 317 g/mol. The van der Waals surface area contributed by atoms with Crippen LogP contribution in [0.15, 0.2) is 47.1 Å². The molecule has 5 nitrogen and oxygen atoms in total. The van der Waals surface area contributed by atoms with Gasteiger partial charge in [-0.3, -0.25) is 4.79 Å². The van der Waals surface area contributed by atoms with Gasteiger partial charge in [-0.25, -0.2) is 0 Å². The van der Waals surface area contributed by atoms with Crippen LogP contribution in [0, 0.1) is 6.92 Å². The first-order valence-corrected chi connectivity index (χ1v) is 7.33. The largest absolute Gasteiger partial charge is 0.467 e. The number of likely N-dealkylation sites (N-methyl/N-ethyl adjacent to an activating group) is 1. The third kappa shape index (κ3) is 4.89. The lowest BCUT2D eigenvalue weighted by Gasteiger charge is -2.20. The van der Waals surface area contributed by atoms with E-state index in [-0.39, 0.29) is 12.5 Å². The Kier molecular flexibility index (Phi) is 5.55. The quantitative estimate of drug-likeness (QED) is 0.830. The van der Waals surface area contributed by atoms with Gasteiger partial charge in [-0.1, -0.05) is 17.7 Å². The van der Waals surface area contributed by atoms with E-state index in [4.69, 9.17) is 16.6 Å². The number of rotatable bonds is 5. The fourth-order valence-electron chi connectivity index (χ4n) is 1.84. The summed E-state index contributed by atoms with van der Waals surface area (Å²) < 4.78 is 5.21. The van der Waals surface area contributed by atoms with Gasteiger partial charge in [0.15, 0.2) is 5.11 Å². The number of aryl methyl sites for hydroxylation is 1. The van der Waals surface area contributed by atoms with Crippen molar-refractivity contribution in [1.82, 2.24) is 10.2 Å². The highest BCUT2D eigenvalue weighted by Gasteiger charge is 2.10. The van der Waals surface area contributed by atoms with Crippen molar-refractivity contribution >= 4 is 28.9 Å². The number of anilines is 1. The molecule has 1 aromatic heterocycles. The third-order valence-corrected chi connectivity index (χ3v) is 3.51. The number of hydrogen-bond donors (Lipinski definition) is 2. The molecule has 1 amide bonds. The van der Waals surface area contributed by atoms with Crippen LogP contribution in [0.4, 0.5) is 5.69 Å². The molecule has 0 saturated carbocycles. The van der Waals surface area contributed by atoms with Gasteiger partial charge in [0.1, 0.15) is 5.76 Å². The van der Waals surface area contributed by atoms with Crippen LogP contribution < -0.4 is 10.6 Å². The zero-order chi connectivity index (χ0) is 15.9. The molecule has 0 aliphatic rings. The number of furan rings is 1. The molecule has 116 valence electrons. The highest BCUT2D eigenvalue weighted by atomic mass is 32.1. The summed E-state index contributed by atoms with van der Waals surface area (Å²) in [6, 6.07) is 11.3. The second-order valence-electron chi connectivity index (χ2n) is 5.01. The van der Waals surface area contributed by atoms with Gasteiger partial charge in [0, 0.05) is 12.7 Å². The van der Waals surface area contributed by atoms with Crippen molar-refractivity contribution < 1.29 is 9.21 Å². The van der Waals surface area contributed by atoms with Crippen molar-refractivity contribution in [3.8, 4) is 0 Å². The number of nitrogens with one attached hydrogen (secondary N) is 2. The maximum absolute atomic E-state index is 12.0. The molecule has 0 fully saturated rings. The molecular formula is C16H19N3O2S. The van der Waals surface area contributed by atoms with Crippen molar-refractivity contribution in [2.24, 2.45) is 0 Å². The number of nitrogens with zero attached hydrogens (tertiary/aromatic N) is 1. The summed E-state index contributed by atoms with van der Waals surface area (Å²) >= 11 is 5.24. The first kappa shape index (κ1) is 16.0. The van der Waals surface area contributed by atoms with Crippen molar-refractivity contribution in [2.45, 2.75) is 13.5 Å². The molecule has 1 aromatic carbocycles. The first-order chi connectivity index (χ1) is 10.5. The van der Waals surface area contributed by atoms with Crippen LogP contribution in [-0.4, -0.2) is 29.5 Å². The van der Waals surface area contributed by atoms with E-state index < -0.39 is 0 Å². The molecule has 2 rings (SSSR count). The van der Waals surface area contributed by atoms with E-state index in [0.717, 1.165) is 17.0 Å². The molecule has 22 heavy (non-hydrogen) atoms. The van der Waals surface area contributed by atoms with Crippen LogP contribution in [-0.2, 0) is 11.3 Å². The molecule has 0 atom stereocenters. The lowest BCUT2D eigenvalue weighted by atomic mass is 10.2. The molecule has 1 heterocycles. The highest BCUT2D eigenvalue weighted by Crippen LogP contribution is 2.08. The van der Waals surface area contributed by atoms with Crippen LogP contribution in [0.1, 0.15) is 11.3 Å². The van der Waals surface area contributed by atoms with Gasteiger partial charge in [-0.15, -0.1) is 0 Å². The van der Waals surface area contributed by atoms with Crippen LogP contribution in [0.3, 0.4) is 0 Å². The molecule has 0 unspecified atom stereocenters. The molecule has 0 aliphatic carbocycles. The monoisotopic (exact) mass is 317 g/mol. The van der Waals surface area contributed by atoms with Gasteiger partial charge in [-0.2, -0.15) is 0 Å². The van der Waals surface area contributed by atoms with E-state index in [1.807, 2.05) is 43.3 Å². The minimum Gasteiger partial charge on any atom is -0.467 e. The van der Waals surface area contributed by atoms with Gasteiger partial charge < -0.3 is 20.0 Å². The lowest BCUT2D eigenvalue weighted by molar-refractivity contribution is -0.116. The standard InChI is InChI=1S/C16H19N3O2S/c1-12-5-7-13(8-6-12)18-15(20)11-19(2)16(22)17-10-14-4-3-9-21-14/h3-9H,10-11H2,1-2H3,(H,17,22)(H,18,20). The average Bonchev–Trinajstić information content (AvgIpc) is 3.00. The molecule has 6 heteroatoms. The fraction of sp³-hybridized carbons (Fsp3) is 0.250. The van der Waals surface area contributed by atoms with Crippen molar-refractivity contribution in [3.05, 3.63) is 54.0 Å². The number of amides is 1. The summed E-state index contributed by atoms with van der Waals surface area (Å²) in [6.45, 7) is 2.68. The Balaban J connectivity index is 1.77. The highest BCUT2D eigenvalue weighted by molar-refractivity contribution is 7.80. The Morgan fingerprint density at radius 2 is 2.00 bits per heavy atom. The summed E-state index contributed by atoms with van der Waals surface area (Å²) in [5, 5.41) is 6.38. The van der Waals surface area contributed by atoms with Gasteiger partial charge in [0.2, 0.25) is 5.91 Å². The second-order valence-corrected chi connectivity index (χ2v) is 5.40. The number of carbonyl (C=O) groups excluding carboxylic acids is 1. The number of thiocarbonyl (C=S) groups is 1. The van der Waals surface area contributed by atoms with Crippen molar-refractivity contribution in [1.29, 1.82) is 0 Å². The molecule has 0 bridgehead atoms. The van der Waals surface area contributed by atoms with Crippen LogP contribution in [0.5, 0.6) is 0 Å². The Morgan fingerprint density at radius 1 is 1.27 bits per heavy atom. The lowest BCUT2D eigenvalue weighted by Crippen LogP contribution is -2.41. The Hall–Kier alpha value is -2.34. The van der Waals surface area contributed by atoms with E-state index in [0.29, 0.717) is 11.7 Å². The summed E-state index contributed by atoms with van der Waals surface area (Å²) in [6.07, 6.45) is 1.61. The number of hydrogen-bond acceptors (Lipinski definition) is 3. The van der Waals surface area contributed by atoms with Gasteiger partial charge in [0.25, 0.3) is 0 Å². The summed E-state index contributed by atoms with van der Waals surface area (Å²) in [4.78, 5) is 13.7. The summed E-state index contributed by atoms with van der Waals surface area (Å²) in [5.41, 5.74) is 1.93. The van der Waals surface area contributed by atoms with Crippen LogP contribution in [0.25, 0.3) is 0 Å². The van der Waals surface area contributed by atoms with Crippen LogP contribution >= 0.6 is 12.2 Å². The normalized spacial score (nSPS) is 10.1. The zero-order valence-corrected chi connectivity index (χ0v) is 13.4. The Labute approximate surface area is 135 Å². The maximum atomic E-state index is 12.0. The summed E-state index contributed by atoms with van der Waals surface area (Å²) in [7, 11) is 1.77. The van der Waals surface area contributed by atoms with Gasteiger partial charge in [-0.05, 0) is 43.4 Å². The fourth-order valence-corrected chi connectivity index (χ4v) is 1.97. The first-order valence-electron chi connectivity index (χ1n) is 6.92. The van der Waals surface area contributed by atoms with Gasteiger partial charge in [0.05, 0.1) is 19.4 Å². The van der Waals surface area contributed by atoms with Gasteiger partial charge >= 0.3 is 0 Å². The number of benzene rings is 1. The topological polar surface area (TPSA) is 57.5 Å². The molecule has 0 saturated heterocycles. The molecule has 0 spiro atoms. The molecule has 0 radical (unpaired) electrons. The smallest absolute Gasteiger partial charge is 0.243 e. The zero-order valence-electron chi connectivity index (χ0n) is 12.6. The maximum Gasteiger partial charge on any atom is 0.243 e. The van der Waals surface area contributed by atoms with E-state index >= 15 is 0 Å². The summed E-state index contributed by atoms with van der Waals surface area (Å²) in [5.74, 6) is 0.674. The minimum atomic E-state index is -0.117. The second kappa shape index (κ2) is 7.61. The third-order valence-electron chi connectivity index (χ3n) is 3.06. The van der Waals surface area contributed by atoms with Crippen molar-refractivity contribution in [2.75, 3.05) is 18.9 Å². The molecule has 0 aliphatic heterocycles. The van der Waals surface area contributed by atoms with E-state index in [1.54, 1.807) is 18.2 Å². The molecule has 2 aromatic rings. The number of carbonyl (C=O) groups is 1.